The van der Waals surface area contributed by atoms with Crippen molar-refractivity contribution in [2.24, 2.45) is 5.92 Å². The van der Waals surface area contributed by atoms with Gasteiger partial charge in [-0.05, 0) is 44.4 Å². The molecular weight excluding hydrogens is 312 g/mol. The predicted octanol–water partition coefficient (Wildman–Crippen LogP) is 3.76. The number of aromatic nitrogens is 1. The van der Waals surface area contributed by atoms with E-state index < -0.39 is 5.92 Å². The number of ketones is 2. The third kappa shape index (κ3) is 3.53. The molecule has 1 atom stereocenters. The van der Waals surface area contributed by atoms with Crippen molar-refractivity contribution in [1.82, 2.24) is 10.3 Å². The van der Waals surface area contributed by atoms with E-state index in [1.807, 2.05) is 13.0 Å². The van der Waals surface area contributed by atoms with Crippen molar-refractivity contribution in [3.8, 4) is 0 Å². The first kappa shape index (κ1) is 17.5. The summed E-state index contributed by atoms with van der Waals surface area (Å²) >= 11 is 0. The van der Waals surface area contributed by atoms with Gasteiger partial charge in [-0.3, -0.25) is 9.59 Å². The number of aryl methyl sites for hydroxylation is 2. The van der Waals surface area contributed by atoms with Crippen molar-refractivity contribution in [3.05, 3.63) is 46.8 Å². The lowest BCUT2D eigenvalue weighted by Gasteiger charge is -2.23. The summed E-state index contributed by atoms with van der Waals surface area (Å²) in [7, 11) is 0. The Morgan fingerprint density at radius 1 is 1.32 bits per heavy atom. The fraction of sp³-hybridized carbons (Fsp3) is 0.429. The van der Waals surface area contributed by atoms with Crippen LogP contribution in [0.4, 0.5) is 0 Å². The smallest absolute Gasteiger partial charge is 0.149 e. The second-order valence-electron chi connectivity index (χ2n) is 6.87. The van der Waals surface area contributed by atoms with Gasteiger partial charge in [-0.1, -0.05) is 24.6 Å². The summed E-state index contributed by atoms with van der Waals surface area (Å²) in [5.41, 5.74) is 5.68. The SMILES string of the molecule is CCC(=O)C1C(=O)CCC=C1NCCc1c(C)[nH]c2ccc(C)cc12. The van der Waals surface area contributed by atoms with E-state index in [0.29, 0.717) is 19.4 Å². The Morgan fingerprint density at radius 2 is 2.12 bits per heavy atom. The molecule has 0 spiro atoms. The molecular formula is C21H26N2O2. The van der Waals surface area contributed by atoms with Crippen molar-refractivity contribution in [3.63, 3.8) is 0 Å². The van der Waals surface area contributed by atoms with E-state index in [2.05, 4.69) is 42.3 Å². The zero-order chi connectivity index (χ0) is 18.0. The molecule has 0 saturated carbocycles. The van der Waals surface area contributed by atoms with Crippen LogP contribution in [0, 0.1) is 19.8 Å². The van der Waals surface area contributed by atoms with Crippen LogP contribution in [0.15, 0.2) is 30.0 Å². The molecule has 2 aromatic rings. The number of fused-ring (bicyclic) bond motifs is 1. The zero-order valence-electron chi connectivity index (χ0n) is 15.2. The Balaban J connectivity index is 1.73. The van der Waals surface area contributed by atoms with Crippen LogP contribution in [0.25, 0.3) is 10.9 Å². The molecule has 0 fully saturated rings. The topological polar surface area (TPSA) is 62.0 Å². The average Bonchev–Trinajstić information content (AvgIpc) is 2.89. The highest BCUT2D eigenvalue weighted by molar-refractivity contribution is 6.05. The lowest BCUT2D eigenvalue weighted by Crippen LogP contribution is -2.35. The zero-order valence-corrected chi connectivity index (χ0v) is 15.2. The van der Waals surface area contributed by atoms with Gasteiger partial charge in [0.05, 0.1) is 0 Å². The lowest BCUT2D eigenvalue weighted by molar-refractivity contribution is -0.131. The van der Waals surface area contributed by atoms with E-state index in [0.717, 1.165) is 24.1 Å². The molecule has 4 heteroatoms. The summed E-state index contributed by atoms with van der Waals surface area (Å²) in [4.78, 5) is 27.7. The van der Waals surface area contributed by atoms with Gasteiger partial charge in [-0.2, -0.15) is 0 Å². The molecule has 1 aromatic carbocycles. The molecule has 2 N–H and O–H groups in total. The molecule has 0 bridgehead atoms. The molecule has 0 aliphatic heterocycles. The van der Waals surface area contributed by atoms with Gasteiger partial charge in [-0.15, -0.1) is 0 Å². The van der Waals surface area contributed by atoms with E-state index in [1.165, 1.54) is 22.2 Å². The van der Waals surface area contributed by atoms with Gasteiger partial charge in [0.15, 0.2) is 0 Å². The van der Waals surface area contributed by atoms with Crippen molar-refractivity contribution in [2.45, 2.75) is 46.5 Å². The summed E-state index contributed by atoms with van der Waals surface area (Å²) in [5.74, 6) is -0.511. The largest absolute Gasteiger partial charge is 0.387 e. The maximum atomic E-state index is 12.2. The fourth-order valence-corrected chi connectivity index (χ4v) is 3.69. The first-order valence-corrected chi connectivity index (χ1v) is 9.08. The molecule has 3 rings (SSSR count). The van der Waals surface area contributed by atoms with Gasteiger partial charge < -0.3 is 10.3 Å². The van der Waals surface area contributed by atoms with Crippen LogP contribution in [0.3, 0.4) is 0 Å². The van der Waals surface area contributed by atoms with Crippen molar-refractivity contribution < 1.29 is 9.59 Å². The molecule has 0 saturated heterocycles. The molecule has 25 heavy (non-hydrogen) atoms. The molecule has 4 nitrogen and oxygen atoms in total. The van der Waals surface area contributed by atoms with Crippen LogP contribution in [-0.4, -0.2) is 23.1 Å². The summed E-state index contributed by atoms with van der Waals surface area (Å²) in [5, 5.41) is 4.63. The maximum Gasteiger partial charge on any atom is 0.149 e. The first-order chi connectivity index (χ1) is 12.0. The molecule has 0 radical (unpaired) electrons. The molecule has 0 amide bonds. The van der Waals surface area contributed by atoms with E-state index in [1.54, 1.807) is 0 Å². The number of aromatic amines is 1. The van der Waals surface area contributed by atoms with E-state index in [4.69, 9.17) is 0 Å². The number of carbonyl (C=O) groups is 2. The molecule has 1 unspecified atom stereocenters. The summed E-state index contributed by atoms with van der Waals surface area (Å²) in [6.45, 7) is 6.73. The highest BCUT2D eigenvalue weighted by Crippen LogP contribution is 2.25. The third-order valence-corrected chi connectivity index (χ3v) is 5.04. The lowest BCUT2D eigenvalue weighted by atomic mass is 9.86. The second-order valence-corrected chi connectivity index (χ2v) is 6.87. The Labute approximate surface area is 148 Å². The number of hydrogen-bond acceptors (Lipinski definition) is 3. The van der Waals surface area contributed by atoms with Gasteiger partial charge in [-0.25, -0.2) is 0 Å². The van der Waals surface area contributed by atoms with Crippen LogP contribution >= 0.6 is 0 Å². The number of Topliss-reactive ketones (excluding diaryl/α,β-unsaturated/α-hetero) is 2. The summed E-state index contributed by atoms with van der Waals surface area (Å²) < 4.78 is 0. The standard InChI is InChI=1S/C21H26N2O2/c1-4-19(24)21-18(6-5-7-20(21)25)22-11-10-15-14(3)23-17-9-8-13(2)12-16(15)17/h6,8-9,12,21-23H,4-5,7,10-11H2,1-3H3. The highest BCUT2D eigenvalue weighted by Gasteiger charge is 2.30. The Hall–Kier alpha value is -2.36. The van der Waals surface area contributed by atoms with Crippen molar-refractivity contribution in [2.75, 3.05) is 6.54 Å². The molecule has 1 aliphatic rings. The number of rotatable bonds is 6. The van der Waals surface area contributed by atoms with Crippen LogP contribution in [0.2, 0.25) is 0 Å². The van der Waals surface area contributed by atoms with Crippen LogP contribution in [-0.2, 0) is 16.0 Å². The number of nitrogens with one attached hydrogen (secondary N) is 2. The summed E-state index contributed by atoms with van der Waals surface area (Å²) in [6, 6.07) is 6.44. The van der Waals surface area contributed by atoms with Crippen LogP contribution in [0.1, 0.15) is 43.0 Å². The normalized spacial score (nSPS) is 17.6. The van der Waals surface area contributed by atoms with E-state index in [-0.39, 0.29) is 11.6 Å². The third-order valence-electron chi connectivity index (χ3n) is 5.04. The Morgan fingerprint density at radius 3 is 2.88 bits per heavy atom. The number of H-pyrrole nitrogens is 1. The van der Waals surface area contributed by atoms with Gasteiger partial charge in [0, 0.05) is 41.7 Å². The van der Waals surface area contributed by atoms with E-state index in [9.17, 15) is 9.59 Å². The minimum atomic E-state index is -0.579. The first-order valence-electron chi connectivity index (χ1n) is 9.08. The summed E-state index contributed by atoms with van der Waals surface area (Å²) in [6.07, 6.45) is 4.47. The number of hydrogen-bond donors (Lipinski definition) is 2. The van der Waals surface area contributed by atoms with Gasteiger partial charge in [0.25, 0.3) is 0 Å². The quantitative estimate of drug-likeness (QED) is 0.788. The maximum absolute atomic E-state index is 12.2. The Kier molecular flexibility index (Phi) is 5.07. The number of benzene rings is 1. The minimum absolute atomic E-state index is 0.0161. The molecule has 1 heterocycles. The van der Waals surface area contributed by atoms with Crippen LogP contribution < -0.4 is 5.32 Å². The molecule has 1 aromatic heterocycles. The molecule has 1 aliphatic carbocycles. The van der Waals surface area contributed by atoms with Crippen molar-refractivity contribution in [1.29, 1.82) is 0 Å². The number of allylic oxidation sites excluding steroid dienone is 2. The van der Waals surface area contributed by atoms with Gasteiger partial charge >= 0.3 is 0 Å². The van der Waals surface area contributed by atoms with E-state index >= 15 is 0 Å². The fourth-order valence-electron chi connectivity index (χ4n) is 3.69. The minimum Gasteiger partial charge on any atom is -0.387 e. The highest BCUT2D eigenvalue weighted by atomic mass is 16.1. The Bertz CT molecular complexity index is 845. The van der Waals surface area contributed by atoms with Crippen molar-refractivity contribution >= 4 is 22.5 Å². The average molecular weight is 338 g/mol. The van der Waals surface area contributed by atoms with Crippen LogP contribution in [0.5, 0.6) is 0 Å². The van der Waals surface area contributed by atoms with Gasteiger partial charge in [0.2, 0.25) is 0 Å². The number of carbonyl (C=O) groups excluding carboxylic acids is 2. The monoisotopic (exact) mass is 338 g/mol. The predicted molar refractivity (Wildman–Crippen MR) is 101 cm³/mol. The van der Waals surface area contributed by atoms with Gasteiger partial charge in [0.1, 0.15) is 17.5 Å². The second kappa shape index (κ2) is 7.26. The molecule has 132 valence electrons.